The molecule has 1 unspecified atom stereocenters. The summed E-state index contributed by atoms with van der Waals surface area (Å²) in [6.45, 7) is 5.33. The number of benzene rings is 1. The topological polar surface area (TPSA) is 41.9 Å². The van der Waals surface area contributed by atoms with E-state index in [0.29, 0.717) is 6.61 Å². The molecule has 1 fully saturated rings. The molecule has 1 aromatic rings. The third-order valence-electron chi connectivity index (χ3n) is 4.82. The van der Waals surface area contributed by atoms with Crippen LogP contribution in [0.4, 0.5) is 0 Å². The van der Waals surface area contributed by atoms with Crippen molar-refractivity contribution in [3.8, 4) is 0 Å². The molecule has 21 heavy (non-hydrogen) atoms. The molecule has 1 N–H and O–H groups in total. The van der Waals surface area contributed by atoms with Gasteiger partial charge in [-0.05, 0) is 36.1 Å². The molecule has 4 heteroatoms. The van der Waals surface area contributed by atoms with Gasteiger partial charge in [-0.1, -0.05) is 18.2 Å². The van der Waals surface area contributed by atoms with Crippen molar-refractivity contribution in [2.24, 2.45) is 5.41 Å². The summed E-state index contributed by atoms with van der Waals surface area (Å²) in [6.07, 6.45) is 2.03. The van der Waals surface area contributed by atoms with Gasteiger partial charge in [0.2, 0.25) is 0 Å². The number of aliphatic hydroxyl groups is 1. The number of likely N-dealkylation sites (tertiary alicyclic amines) is 1. The molecule has 0 aromatic heterocycles. The highest BCUT2D eigenvalue weighted by Gasteiger charge is 2.37. The maximum Gasteiger partial charge on any atom is 0.0719 e. The molecular formula is C17H25NO3. The van der Waals surface area contributed by atoms with Crippen molar-refractivity contribution in [2.45, 2.75) is 26.0 Å². The molecule has 1 aromatic carbocycles. The fourth-order valence-electron chi connectivity index (χ4n) is 3.65. The smallest absolute Gasteiger partial charge is 0.0719 e. The lowest BCUT2D eigenvalue weighted by Crippen LogP contribution is -2.34. The molecule has 1 saturated heterocycles. The third kappa shape index (κ3) is 3.14. The van der Waals surface area contributed by atoms with Gasteiger partial charge in [0.25, 0.3) is 0 Å². The van der Waals surface area contributed by atoms with Crippen molar-refractivity contribution >= 4 is 0 Å². The first-order valence-corrected chi connectivity index (χ1v) is 7.76. The Morgan fingerprint density at radius 3 is 3.14 bits per heavy atom. The van der Waals surface area contributed by atoms with Gasteiger partial charge in [0, 0.05) is 25.6 Å². The quantitative estimate of drug-likeness (QED) is 0.894. The van der Waals surface area contributed by atoms with Gasteiger partial charge in [0.05, 0.1) is 26.4 Å². The van der Waals surface area contributed by atoms with E-state index >= 15 is 0 Å². The predicted octanol–water partition coefficient (Wildman–Crippen LogP) is 1.59. The van der Waals surface area contributed by atoms with E-state index in [9.17, 15) is 5.11 Å². The van der Waals surface area contributed by atoms with E-state index in [-0.39, 0.29) is 12.0 Å². The van der Waals surface area contributed by atoms with Crippen LogP contribution in [0, 0.1) is 5.41 Å². The van der Waals surface area contributed by atoms with Crippen LogP contribution in [0.5, 0.6) is 0 Å². The highest BCUT2D eigenvalue weighted by molar-refractivity contribution is 5.36. The van der Waals surface area contributed by atoms with Gasteiger partial charge in [-0.3, -0.25) is 4.90 Å². The average molecular weight is 291 g/mol. The Kier molecular flexibility index (Phi) is 4.60. The normalized spacial score (nSPS) is 26.0. The minimum Gasteiger partial charge on any atom is -0.396 e. The summed E-state index contributed by atoms with van der Waals surface area (Å²) < 4.78 is 10.8. The zero-order chi connectivity index (χ0) is 14.7. The third-order valence-corrected chi connectivity index (χ3v) is 4.82. The molecule has 0 amide bonds. The molecule has 2 aliphatic rings. The molecule has 0 saturated carbocycles. The second kappa shape index (κ2) is 6.44. The molecule has 2 aliphatic heterocycles. The van der Waals surface area contributed by atoms with E-state index in [4.69, 9.17) is 9.47 Å². The van der Waals surface area contributed by atoms with Crippen molar-refractivity contribution in [2.75, 3.05) is 40.0 Å². The number of rotatable bonds is 5. The minimum absolute atomic E-state index is 0.0767. The monoisotopic (exact) mass is 291 g/mol. The average Bonchev–Trinajstić information content (AvgIpc) is 2.92. The highest BCUT2D eigenvalue weighted by atomic mass is 16.5. The molecule has 1 atom stereocenters. The summed E-state index contributed by atoms with van der Waals surface area (Å²) in [4.78, 5) is 2.44. The molecular weight excluding hydrogens is 266 g/mol. The number of fused-ring (bicyclic) bond motifs is 1. The molecule has 2 heterocycles. The van der Waals surface area contributed by atoms with E-state index in [1.165, 1.54) is 16.7 Å². The summed E-state index contributed by atoms with van der Waals surface area (Å²) in [5.41, 5.74) is 4.15. The molecule has 4 nitrogen and oxygen atoms in total. The summed E-state index contributed by atoms with van der Waals surface area (Å²) in [5.74, 6) is 0. The van der Waals surface area contributed by atoms with Crippen molar-refractivity contribution < 1.29 is 14.6 Å². The lowest BCUT2D eigenvalue weighted by atomic mass is 9.89. The molecule has 116 valence electrons. The van der Waals surface area contributed by atoms with Gasteiger partial charge in [-0.2, -0.15) is 0 Å². The standard InChI is InChI=1S/C17H25NO3/c1-20-13-17(12-19)6-7-18(11-17)9-14-3-2-4-15-10-21-8-5-16(14)15/h2-4,19H,5-13H2,1H3. The SMILES string of the molecule is COCC1(CO)CCN(Cc2cccc3c2CCOC3)C1. The van der Waals surface area contributed by atoms with Gasteiger partial charge in [0.15, 0.2) is 0 Å². The van der Waals surface area contributed by atoms with Gasteiger partial charge in [0.1, 0.15) is 0 Å². The lowest BCUT2D eigenvalue weighted by molar-refractivity contribution is 0.0350. The van der Waals surface area contributed by atoms with Crippen LogP contribution < -0.4 is 0 Å². The number of nitrogens with zero attached hydrogens (tertiary/aromatic N) is 1. The van der Waals surface area contributed by atoms with Crippen LogP contribution in [-0.4, -0.2) is 50.0 Å². The van der Waals surface area contributed by atoms with Crippen molar-refractivity contribution in [1.82, 2.24) is 4.90 Å². The largest absolute Gasteiger partial charge is 0.396 e. The first-order chi connectivity index (χ1) is 10.3. The Labute approximate surface area is 126 Å². The van der Waals surface area contributed by atoms with Gasteiger partial charge in [-0.15, -0.1) is 0 Å². The van der Waals surface area contributed by atoms with E-state index in [1.54, 1.807) is 7.11 Å². The number of methoxy groups -OCH3 is 1. The second-order valence-corrected chi connectivity index (χ2v) is 6.41. The van der Waals surface area contributed by atoms with Gasteiger partial charge in [-0.25, -0.2) is 0 Å². The zero-order valence-corrected chi connectivity index (χ0v) is 12.8. The van der Waals surface area contributed by atoms with Crippen LogP contribution >= 0.6 is 0 Å². The van der Waals surface area contributed by atoms with Crippen LogP contribution in [0.3, 0.4) is 0 Å². The van der Waals surface area contributed by atoms with E-state index < -0.39 is 0 Å². The number of hydrogen-bond donors (Lipinski definition) is 1. The zero-order valence-electron chi connectivity index (χ0n) is 12.8. The Morgan fingerprint density at radius 1 is 1.43 bits per heavy atom. The van der Waals surface area contributed by atoms with E-state index in [1.807, 2.05) is 0 Å². The number of aliphatic hydroxyl groups excluding tert-OH is 1. The number of hydrogen-bond acceptors (Lipinski definition) is 4. The maximum absolute atomic E-state index is 9.70. The Hall–Kier alpha value is -0.940. The molecule has 3 rings (SSSR count). The molecule has 0 spiro atoms. The van der Waals surface area contributed by atoms with Crippen LogP contribution in [0.25, 0.3) is 0 Å². The van der Waals surface area contributed by atoms with Crippen LogP contribution in [0.15, 0.2) is 18.2 Å². The van der Waals surface area contributed by atoms with Crippen LogP contribution in [-0.2, 0) is 29.0 Å². The van der Waals surface area contributed by atoms with Gasteiger partial charge < -0.3 is 14.6 Å². The first kappa shape index (κ1) is 15.0. The first-order valence-electron chi connectivity index (χ1n) is 7.76. The lowest BCUT2D eigenvalue weighted by Gasteiger charge is -2.27. The van der Waals surface area contributed by atoms with Crippen molar-refractivity contribution in [1.29, 1.82) is 0 Å². The maximum atomic E-state index is 9.70. The molecule has 0 bridgehead atoms. The van der Waals surface area contributed by atoms with Crippen molar-refractivity contribution in [3.05, 3.63) is 34.9 Å². The fraction of sp³-hybridized carbons (Fsp3) is 0.647. The fourth-order valence-corrected chi connectivity index (χ4v) is 3.65. The molecule has 0 aliphatic carbocycles. The van der Waals surface area contributed by atoms with Crippen molar-refractivity contribution in [3.63, 3.8) is 0 Å². The van der Waals surface area contributed by atoms with Crippen LogP contribution in [0.1, 0.15) is 23.1 Å². The Morgan fingerprint density at radius 2 is 2.33 bits per heavy atom. The highest BCUT2D eigenvalue weighted by Crippen LogP contribution is 2.32. The van der Waals surface area contributed by atoms with Gasteiger partial charge >= 0.3 is 0 Å². The minimum atomic E-state index is -0.0767. The Balaban J connectivity index is 1.71. The molecule has 0 radical (unpaired) electrons. The summed E-state index contributed by atoms with van der Waals surface area (Å²) in [7, 11) is 1.72. The number of ether oxygens (including phenoxy) is 2. The summed E-state index contributed by atoms with van der Waals surface area (Å²) >= 11 is 0. The van der Waals surface area contributed by atoms with E-state index in [0.717, 1.165) is 45.7 Å². The summed E-state index contributed by atoms with van der Waals surface area (Å²) in [6, 6.07) is 6.54. The second-order valence-electron chi connectivity index (χ2n) is 6.41. The van der Waals surface area contributed by atoms with Crippen LogP contribution in [0.2, 0.25) is 0 Å². The predicted molar refractivity (Wildman–Crippen MR) is 81.1 cm³/mol. The van der Waals surface area contributed by atoms with E-state index in [2.05, 4.69) is 23.1 Å². The Bertz CT molecular complexity index is 491. The summed E-state index contributed by atoms with van der Waals surface area (Å²) in [5, 5.41) is 9.70.